The lowest BCUT2D eigenvalue weighted by Crippen LogP contribution is -2.42. The molecule has 10 nitrogen and oxygen atoms in total. The van der Waals surface area contributed by atoms with Crippen molar-refractivity contribution in [3.05, 3.63) is 60.9 Å². The van der Waals surface area contributed by atoms with E-state index in [1.165, 1.54) is 0 Å². The van der Waals surface area contributed by atoms with E-state index in [1.54, 1.807) is 18.5 Å². The third-order valence-corrected chi connectivity index (χ3v) is 5.71. The molecule has 0 unspecified atom stereocenters. The van der Waals surface area contributed by atoms with E-state index in [1.807, 2.05) is 47.1 Å². The molecule has 5 heterocycles. The predicted octanol–water partition coefficient (Wildman–Crippen LogP) is 3.27. The number of aromatic nitrogens is 6. The maximum Gasteiger partial charge on any atom is 0.232 e. The Labute approximate surface area is 187 Å². The minimum Gasteiger partial charge on any atom is -0.495 e. The quantitative estimate of drug-likeness (QED) is 0.380. The molecule has 0 radical (unpaired) electrons. The molecule has 0 aromatic carbocycles. The molecule has 0 bridgehead atoms. The molecule has 0 aliphatic heterocycles. The third-order valence-electron chi connectivity index (χ3n) is 5.71. The first-order chi connectivity index (χ1) is 16.1. The van der Waals surface area contributed by atoms with Gasteiger partial charge in [-0.3, -0.25) is 0 Å². The van der Waals surface area contributed by atoms with Crippen molar-refractivity contribution in [3.63, 3.8) is 0 Å². The highest BCUT2D eigenvalue weighted by Gasteiger charge is 2.32. The number of aromatic hydroxyl groups is 1. The predicted molar refractivity (Wildman–Crippen MR) is 120 cm³/mol. The fourth-order valence-corrected chi connectivity index (χ4v) is 4.00. The highest BCUT2D eigenvalue weighted by atomic mass is 16.5. The molecule has 5 aromatic heterocycles. The summed E-state index contributed by atoms with van der Waals surface area (Å²) in [4.78, 5) is 20.2. The summed E-state index contributed by atoms with van der Waals surface area (Å²) in [6.07, 6.45) is 8.66. The maximum absolute atomic E-state index is 9.83. The summed E-state index contributed by atoms with van der Waals surface area (Å²) in [5, 5.41) is 22.3. The van der Waals surface area contributed by atoms with Gasteiger partial charge >= 0.3 is 0 Å². The van der Waals surface area contributed by atoms with Gasteiger partial charge in [0.25, 0.3) is 0 Å². The second-order valence-corrected chi connectivity index (χ2v) is 7.98. The van der Waals surface area contributed by atoms with Crippen molar-refractivity contribution in [2.75, 3.05) is 5.32 Å². The number of nitrogens with zero attached hydrogens (tertiary/aromatic N) is 6. The zero-order chi connectivity index (χ0) is 22.4. The van der Waals surface area contributed by atoms with Crippen LogP contribution in [0, 0.1) is 11.3 Å². The number of aromatic amines is 1. The number of hydrogen-bond acceptors (Lipinski definition) is 8. The van der Waals surface area contributed by atoms with E-state index >= 15 is 0 Å². The number of anilines is 1. The number of H-pyrrole nitrogens is 1. The van der Waals surface area contributed by atoms with Crippen LogP contribution in [0.2, 0.25) is 0 Å². The first-order valence-corrected chi connectivity index (χ1v) is 10.5. The molecular formula is C23H18N8O2. The molecule has 0 amide bonds. The molecule has 1 aliphatic carbocycles. The molecule has 0 atom stereocenters. The van der Waals surface area contributed by atoms with Crippen molar-refractivity contribution in [1.29, 1.82) is 5.26 Å². The van der Waals surface area contributed by atoms with E-state index in [-0.39, 0.29) is 23.9 Å². The Morgan fingerprint density at radius 3 is 2.82 bits per heavy atom. The normalized spacial score (nSPS) is 17.5. The molecular weight excluding hydrogens is 420 g/mol. The topological polar surface area (TPSA) is 137 Å². The molecule has 1 fully saturated rings. The van der Waals surface area contributed by atoms with Gasteiger partial charge in [0.05, 0.1) is 17.2 Å². The number of pyridine rings is 2. The van der Waals surface area contributed by atoms with E-state index in [4.69, 9.17) is 10.00 Å². The minimum absolute atomic E-state index is 0.0185. The summed E-state index contributed by atoms with van der Waals surface area (Å²) in [5.74, 6) is 1.39. The molecule has 0 saturated heterocycles. The average Bonchev–Trinajstić information content (AvgIpc) is 3.38. The molecule has 3 N–H and O–H groups in total. The lowest BCUT2D eigenvalue weighted by atomic mass is 9.89. The lowest BCUT2D eigenvalue weighted by Gasteiger charge is -2.35. The third kappa shape index (κ3) is 3.55. The molecule has 0 spiro atoms. The van der Waals surface area contributed by atoms with Gasteiger partial charge in [-0.05, 0) is 18.2 Å². The van der Waals surface area contributed by atoms with Crippen LogP contribution in [0.15, 0.2) is 55.1 Å². The van der Waals surface area contributed by atoms with Crippen LogP contribution >= 0.6 is 0 Å². The number of nitriles is 1. The standard InChI is InChI=1S/C23H18N8O2/c24-9-19-25-10-13(11-26-19)16-7-17-18(8-22(32)28-17)29-23(16)33-15-5-14(6-15)27-20-12-31-4-2-1-3-21(31)30-20/h1-4,7-8,10-12,14-15,27-28,32H,5-6H2. The monoisotopic (exact) mass is 438 g/mol. The SMILES string of the molecule is N#Cc1ncc(-c2cc3[nH]c(O)cc3nc2OC2CC(Nc3cn4ccccc4n3)C2)cn1. The number of rotatable bonds is 5. The number of ether oxygens (including phenoxy) is 1. The Bertz CT molecular complexity index is 1480. The minimum atomic E-state index is -0.0185. The van der Waals surface area contributed by atoms with Gasteiger partial charge in [0.15, 0.2) is 5.88 Å². The molecule has 5 aromatic rings. The van der Waals surface area contributed by atoms with Crippen LogP contribution in [0.25, 0.3) is 27.8 Å². The Hall–Kier alpha value is -4.65. The van der Waals surface area contributed by atoms with E-state index < -0.39 is 0 Å². The molecule has 6 rings (SSSR count). The zero-order valence-corrected chi connectivity index (χ0v) is 17.3. The van der Waals surface area contributed by atoms with Crippen LogP contribution in [0.3, 0.4) is 0 Å². The summed E-state index contributed by atoms with van der Waals surface area (Å²) in [6, 6.07) is 11.5. The second kappa shape index (κ2) is 7.49. The van der Waals surface area contributed by atoms with Gasteiger partial charge in [0.1, 0.15) is 23.6 Å². The van der Waals surface area contributed by atoms with Crippen molar-refractivity contribution >= 4 is 22.5 Å². The van der Waals surface area contributed by atoms with Crippen LogP contribution in [0.4, 0.5) is 5.82 Å². The van der Waals surface area contributed by atoms with E-state index in [0.29, 0.717) is 28.0 Å². The van der Waals surface area contributed by atoms with Gasteiger partial charge in [-0.15, -0.1) is 0 Å². The number of hydrogen-bond donors (Lipinski definition) is 3. The van der Waals surface area contributed by atoms with E-state index in [0.717, 1.165) is 24.3 Å². The Kier molecular flexibility index (Phi) is 4.33. The smallest absolute Gasteiger partial charge is 0.232 e. The van der Waals surface area contributed by atoms with Crippen LogP contribution < -0.4 is 10.1 Å². The largest absolute Gasteiger partial charge is 0.495 e. The fourth-order valence-electron chi connectivity index (χ4n) is 4.00. The number of fused-ring (bicyclic) bond motifs is 2. The van der Waals surface area contributed by atoms with E-state index in [2.05, 4.69) is 30.2 Å². The van der Waals surface area contributed by atoms with Crippen molar-refractivity contribution < 1.29 is 9.84 Å². The summed E-state index contributed by atoms with van der Waals surface area (Å²) >= 11 is 0. The van der Waals surface area contributed by atoms with Gasteiger partial charge in [-0.25, -0.2) is 19.9 Å². The Morgan fingerprint density at radius 1 is 1.18 bits per heavy atom. The van der Waals surface area contributed by atoms with Crippen LogP contribution in [0.1, 0.15) is 18.7 Å². The highest BCUT2D eigenvalue weighted by molar-refractivity contribution is 5.84. The first-order valence-electron chi connectivity index (χ1n) is 10.5. The average molecular weight is 438 g/mol. The lowest BCUT2D eigenvalue weighted by molar-refractivity contribution is 0.104. The van der Waals surface area contributed by atoms with Crippen molar-refractivity contribution in [1.82, 2.24) is 29.3 Å². The van der Waals surface area contributed by atoms with Gasteiger partial charge in [-0.1, -0.05) is 6.07 Å². The van der Waals surface area contributed by atoms with E-state index in [9.17, 15) is 5.11 Å². The number of nitrogens with one attached hydrogen (secondary N) is 2. The fraction of sp³-hybridized carbons (Fsp3) is 0.174. The molecule has 1 saturated carbocycles. The highest BCUT2D eigenvalue weighted by Crippen LogP contribution is 2.36. The Morgan fingerprint density at radius 2 is 2.03 bits per heavy atom. The van der Waals surface area contributed by atoms with Gasteiger partial charge in [-0.2, -0.15) is 5.26 Å². The molecule has 1 aliphatic rings. The zero-order valence-electron chi connectivity index (χ0n) is 17.3. The molecule has 162 valence electrons. The summed E-state index contributed by atoms with van der Waals surface area (Å²) in [7, 11) is 0. The molecule has 33 heavy (non-hydrogen) atoms. The van der Waals surface area contributed by atoms with Crippen molar-refractivity contribution in [2.24, 2.45) is 0 Å². The van der Waals surface area contributed by atoms with Crippen LogP contribution in [0.5, 0.6) is 11.8 Å². The van der Waals surface area contributed by atoms with Gasteiger partial charge in [0, 0.05) is 54.7 Å². The first kappa shape index (κ1) is 19.1. The van der Waals surface area contributed by atoms with Crippen molar-refractivity contribution in [3.8, 4) is 29.0 Å². The van der Waals surface area contributed by atoms with Gasteiger partial charge < -0.3 is 24.5 Å². The maximum atomic E-state index is 9.83. The van der Waals surface area contributed by atoms with Crippen molar-refractivity contribution in [2.45, 2.75) is 25.0 Å². The summed E-state index contributed by atoms with van der Waals surface area (Å²) in [5.41, 5.74) is 3.52. The number of imidazole rings is 1. The van der Waals surface area contributed by atoms with Crippen LogP contribution in [-0.2, 0) is 0 Å². The Balaban J connectivity index is 1.21. The second-order valence-electron chi connectivity index (χ2n) is 7.98. The molecule has 10 heteroatoms. The summed E-state index contributed by atoms with van der Waals surface area (Å²) < 4.78 is 8.22. The van der Waals surface area contributed by atoms with Crippen LogP contribution in [-0.4, -0.2) is 46.6 Å². The van der Waals surface area contributed by atoms with Gasteiger partial charge in [0.2, 0.25) is 11.7 Å². The summed E-state index contributed by atoms with van der Waals surface area (Å²) in [6.45, 7) is 0.